The van der Waals surface area contributed by atoms with E-state index < -0.39 is 17.9 Å². The Kier molecular flexibility index (Phi) is 9.88. The van der Waals surface area contributed by atoms with Gasteiger partial charge in [-0.05, 0) is 30.8 Å². The van der Waals surface area contributed by atoms with Crippen molar-refractivity contribution >= 4 is 29.5 Å². The number of rotatable bonds is 10. The van der Waals surface area contributed by atoms with Crippen LogP contribution in [0.15, 0.2) is 0 Å². The largest absolute Gasteiger partial charge is 0.480 e. The van der Waals surface area contributed by atoms with Crippen molar-refractivity contribution in [2.24, 2.45) is 5.92 Å². The lowest BCUT2D eigenvalue weighted by molar-refractivity contribution is -0.142. The molecule has 2 amide bonds. The van der Waals surface area contributed by atoms with Gasteiger partial charge in [0.2, 0.25) is 11.8 Å². The van der Waals surface area contributed by atoms with Crippen LogP contribution in [0.25, 0.3) is 0 Å². The third kappa shape index (κ3) is 9.66. The Bertz CT molecular complexity index is 334. The van der Waals surface area contributed by atoms with Crippen LogP contribution in [0.2, 0.25) is 0 Å². The van der Waals surface area contributed by atoms with Crippen LogP contribution in [-0.2, 0) is 14.4 Å². The molecule has 0 fully saturated rings. The number of aliphatic carboxylic acids is 1. The molecule has 3 N–H and O–H groups in total. The number of carbonyl (C=O) groups excluding carboxylic acids is 2. The third-order valence-electron chi connectivity index (χ3n) is 2.54. The maximum atomic E-state index is 11.6. The smallest absolute Gasteiger partial charge is 0.326 e. The van der Waals surface area contributed by atoms with Crippen LogP contribution in [-0.4, -0.2) is 47.5 Å². The Morgan fingerprint density at radius 2 is 1.85 bits per heavy atom. The number of nitrogens with one attached hydrogen (secondary N) is 2. The van der Waals surface area contributed by atoms with E-state index in [0.717, 1.165) is 12.2 Å². The van der Waals surface area contributed by atoms with Gasteiger partial charge in [0, 0.05) is 6.42 Å². The van der Waals surface area contributed by atoms with Crippen molar-refractivity contribution in [2.75, 3.05) is 18.6 Å². The monoisotopic (exact) mass is 304 g/mol. The molecule has 1 atom stereocenters. The van der Waals surface area contributed by atoms with Crippen molar-refractivity contribution in [3.63, 3.8) is 0 Å². The van der Waals surface area contributed by atoms with Gasteiger partial charge in [0.25, 0.3) is 0 Å². The van der Waals surface area contributed by atoms with Gasteiger partial charge in [-0.25, -0.2) is 4.79 Å². The molecular formula is C13H24N2O4S. The average molecular weight is 304 g/mol. The van der Waals surface area contributed by atoms with Crippen molar-refractivity contribution in [3.05, 3.63) is 0 Å². The molecule has 0 aromatic rings. The summed E-state index contributed by atoms with van der Waals surface area (Å²) in [5.74, 6) is -0.660. The second-order valence-electron chi connectivity index (χ2n) is 4.96. The van der Waals surface area contributed by atoms with Gasteiger partial charge in [0.15, 0.2) is 0 Å². The molecule has 0 aliphatic carbocycles. The van der Waals surface area contributed by atoms with Crippen molar-refractivity contribution < 1.29 is 19.5 Å². The lowest BCUT2D eigenvalue weighted by atomic mass is 10.0. The van der Waals surface area contributed by atoms with Crippen LogP contribution in [0.4, 0.5) is 0 Å². The zero-order valence-corrected chi connectivity index (χ0v) is 13.1. The quantitative estimate of drug-likeness (QED) is 0.520. The van der Waals surface area contributed by atoms with Gasteiger partial charge in [-0.15, -0.1) is 0 Å². The molecule has 0 aromatic heterocycles. The molecule has 0 saturated carbocycles. The van der Waals surface area contributed by atoms with Gasteiger partial charge in [0.1, 0.15) is 6.04 Å². The molecule has 0 saturated heterocycles. The summed E-state index contributed by atoms with van der Waals surface area (Å²) in [4.78, 5) is 34.0. The normalized spacial score (nSPS) is 12.0. The number of carboxylic acids is 1. The van der Waals surface area contributed by atoms with E-state index in [2.05, 4.69) is 10.6 Å². The van der Waals surface area contributed by atoms with Gasteiger partial charge in [-0.2, -0.15) is 11.8 Å². The van der Waals surface area contributed by atoms with E-state index in [1.165, 1.54) is 0 Å². The first-order chi connectivity index (χ1) is 9.36. The first-order valence-corrected chi connectivity index (χ1v) is 8.04. The van der Waals surface area contributed by atoms with Gasteiger partial charge in [-0.3, -0.25) is 9.59 Å². The van der Waals surface area contributed by atoms with Crippen LogP contribution < -0.4 is 10.6 Å². The second kappa shape index (κ2) is 10.5. The lowest BCUT2D eigenvalue weighted by Crippen LogP contribution is -2.46. The van der Waals surface area contributed by atoms with Crippen LogP contribution in [0.1, 0.15) is 33.1 Å². The molecular weight excluding hydrogens is 280 g/mol. The Morgan fingerprint density at radius 1 is 1.20 bits per heavy atom. The standard InChI is InChI=1S/C13H24N2O4S/c1-9(2)7-10(13(18)19)15-12(17)8-14-11(16)5-4-6-20-3/h9-10H,4-8H2,1-3H3,(H,14,16)(H,15,17)(H,18,19)/t10-/m0/s1. The van der Waals surface area contributed by atoms with Crippen LogP contribution in [0.5, 0.6) is 0 Å². The molecule has 6 nitrogen and oxygen atoms in total. The summed E-state index contributed by atoms with van der Waals surface area (Å²) in [6.45, 7) is 3.59. The Balaban J connectivity index is 4.01. The lowest BCUT2D eigenvalue weighted by Gasteiger charge is -2.16. The molecule has 0 rings (SSSR count). The molecule has 0 bridgehead atoms. The molecule has 0 spiro atoms. The number of amides is 2. The minimum atomic E-state index is -1.06. The highest BCUT2D eigenvalue weighted by molar-refractivity contribution is 7.98. The molecule has 20 heavy (non-hydrogen) atoms. The minimum absolute atomic E-state index is 0.164. The summed E-state index contributed by atoms with van der Waals surface area (Å²) in [5.41, 5.74) is 0. The zero-order chi connectivity index (χ0) is 15.5. The predicted molar refractivity (Wildman–Crippen MR) is 79.6 cm³/mol. The molecule has 0 radical (unpaired) electrons. The highest BCUT2D eigenvalue weighted by atomic mass is 32.2. The predicted octanol–water partition coefficient (Wildman–Crippen LogP) is 0.861. The first-order valence-electron chi connectivity index (χ1n) is 6.64. The van der Waals surface area contributed by atoms with E-state index in [-0.39, 0.29) is 18.4 Å². The molecule has 0 aliphatic rings. The maximum absolute atomic E-state index is 11.6. The first kappa shape index (κ1) is 18.8. The van der Waals surface area contributed by atoms with Gasteiger partial charge in [-0.1, -0.05) is 13.8 Å². The Morgan fingerprint density at radius 3 is 2.35 bits per heavy atom. The highest BCUT2D eigenvalue weighted by Gasteiger charge is 2.20. The van der Waals surface area contributed by atoms with E-state index in [1.807, 2.05) is 20.1 Å². The number of carbonyl (C=O) groups is 3. The summed E-state index contributed by atoms with van der Waals surface area (Å²) in [6.07, 6.45) is 3.47. The van der Waals surface area contributed by atoms with Gasteiger partial charge < -0.3 is 15.7 Å². The fourth-order valence-electron chi connectivity index (χ4n) is 1.58. The van der Waals surface area contributed by atoms with E-state index in [1.54, 1.807) is 11.8 Å². The fraction of sp³-hybridized carbons (Fsp3) is 0.769. The Labute approximate surface area is 124 Å². The highest BCUT2D eigenvalue weighted by Crippen LogP contribution is 2.04. The number of thioether (sulfide) groups is 1. The van der Waals surface area contributed by atoms with E-state index in [0.29, 0.717) is 12.8 Å². The van der Waals surface area contributed by atoms with Crippen LogP contribution in [0, 0.1) is 5.92 Å². The Hall–Kier alpha value is -1.24. The summed E-state index contributed by atoms with van der Waals surface area (Å²) < 4.78 is 0. The average Bonchev–Trinajstić information content (AvgIpc) is 2.35. The van der Waals surface area contributed by atoms with E-state index in [4.69, 9.17) is 5.11 Å². The minimum Gasteiger partial charge on any atom is -0.480 e. The van der Waals surface area contributed by atoms with Crippen LogP contribution >= 0.6 is 11.8 Å². The van der Waals surface area contributed by atoms with Crippen molar-refractivity contribution in [2.45, 2.75) is 39.2 Å². The summed E-state index contributed by atoms with van der Waals surface area (Å²) in [5, 5.41) is 13.9. The molecule has 0 aliphatic heterocycles. The van der Waals surface area contributed by atoms with Gasteiger partial charge >= 0.3 is 5.97 Å². The van der Waals surface area contributed by atoms with Crippen molar-refractivity contribution in [1.82, 2.24) is 10.6 Å². The van der Waals surface area contributed by atoms with E-state index in [9.17, 15) is 14.4 Å². The maximum Gasteiger partial charge on any atom is 0.326 e. The van der Waals surface area contributed by atoms with Gasteiger partial charge in [0.05, 0.1) is 6.54 Å². The summed E-state index contributed by atoms with van der Waals surface area (Å²) in [6, 6.07) is -0.907. The summed E-state index contributed by atoms with van der Waals surface area (Å²) >= 11 is 1.66. The number of hydrogen-bond donors (Lipinski definition) is 3. The second-order valence-corrected chi connectivity index (χ2v) is 5.95. The molecule has 116 valence electrons. The van der Waals surface area contributed by atoms with Crippen LogP contribution in [0.3, 0.4) is 0 Å². The van der Waals surface area contributed by atoms with Crippen molar-refractivity contribution in [1.29, 1.82) is 0 Å². The molecule has 0 heterocycles. The van der Waals surface area contributed by atoms with E-state index >= 15 is 0 Å². The number of carboxylic acid groups (broad SMARTS) is 1. The fourth-order valence-corrected chi connectivity index (χ4v) is 2.02. The zero-order valence-electron chi connectivity index (χ0n) is 12.3. The molecule has 0 unspecified atom stereocenters. The molecule has 0 aromatic carbocycles. The topological polar surface area (TPSA) is 95.5 Å². The SMILES string of the molecule is CSCCCC(=O)NCC(=O)N[C@@H](CC(C)C)C(=O)O. The van der Waals surface area contributed by atoms with Crippen molar-refractivity contribution in [3.8, 4) is 0 Å². The molecule has 7 heteroatoms. The number of hydrogen-bond acceptors (Lipinski definition) is 4. The summed E-state index contributed by atoms with van der Waals surface area (Å²) in [7, 11) is 0. The third-order valence-corrected chi connectivity index (χ3v) is 3.24.